The van der Waals surface area contributed by atoms with Crippen LogP contribution in [-0.4, -0.2) is 38.9 Å². The van der Waals surface area contributed by atoms with Gasteiger partial charge in [0.1, 0.15) is 0 Å². The van der Waals surface area contributed by atoms with Crippen LogP contribution in [0.25, 0.3) is 0 Å². The van der Waals surface area contributed by atoms with Gasteiger partial charge in [0.15, 0.2) is 0 Å². The minimum absolute atomic E-state index is 0. The zero-order valence-corrected chi connectivity index (χ0v) is 21.3. The molecule has 1 aliphatic rings. The van der Waals surface area contributed by atoms with E-state index in [0.717, 1.165) is 42.0 Å². The van der Waals surface area contributed by atoms with Crippen LogP contribution in [0.4, 0.5) is 17.1 Å². The third-order valence-electron chi connectivity index (χ3n) is 5.26. The SMILES string of the molecule is CCCN1c2c(c(C)c(NS(N)(=O)=O)c(C)c2NC(=O)C(C)(C)C)CC1CSC.Cl. The number of amides is 1. The average Bonchev–Trinajstić information content (AvgIpc) is 2.93. The summed E-state index contributed by atoms with van der Waals surface area (Å²) in [6.07, 6.45) is 3.87. The van der Waals surface area contributed by atoms with Gasteiger partial charge >= 0.3 is 0 Å². The number of fused-ring (bicyclic) bond motifs is 1. The van der Waals surface area contributed by atoms with Crippen LogP contribution in [0.1, 0.15) is 50.8 Å². The molecule has 0 radical (unpaired) electrons. The molecule has 172 valence electrons. The molecule has 0 fully saturated rings. The van der Waals surface area contributed by atoms with E-state index in [1.54, 1.807) is 11.8 Å². The second kappa shape index (κ2) is 9.97. The molecule has 0 saturated carbocycles. The third-order valence-corrected chi connectivity index (χ3v) is 6.46. The number of halogens is 1. The first-order valence-corrected chi connectivity index (χ1v) is 12.8. The van der Waals surface area contributed by atoms with E-state index in [0.29, 0.717) is 23.0 Å². The van der Waals surface area contributed by atoms with Crippen molar-refractivity contribution in [3.05, 3.63) is 16.7 Å². The van der Waals surface area contributed by atoms with Crippen molar-refractivity contribution in [3.8, 4) is 0 Å². The number of hydrogen-bond donors (Lipinski definition) is 3. The van der Waals surface area contributed by atoms with E-state index in [1.165, 1.54) is 0 Å². The molecule has 0 aromatic heterocycles. The summed E-state index contributed by atoms with van der Waals surface area (Å²) >= 11 is 1.79. The molecule has 0 aliphatic carbocycles. The first-order valence-electron chi connectivity index (χ1n) is 9.85. The van der Waals surface area contributed by atoms with Crippen molar-refractivity contribution in [3.63, 3.8) is 0 Å². The van der Waals surface area contributed by atoms with Crippen molar-refractivity contribution < 1.29 is 13.2 Å². The summed E-state index contributed by atoms with van der Waals surface area (Å²) in [5, 5.41) is 8.37. The Morgan fingerprint density at radius 3 is 2.30 bits per heavy atom. The van der Waals surface area contributed by atoms with Gasteiger partial charge in [-0.05, 0) is 49.6 Å². The molecule has 30 heavy (non-hydrogen) atoms. The number of carbonyl (C=O) groups is 1. The van der Waals surface area contributed by atoms with E-state index in [4.69, 9.17) is 5.14 Å². The molecule has 0 bridgehead atoms. The van der Waals surface area contributed by atoms with Crippen molar-refractivity contribution in [1.82, 2.24) is 0 Å². The van der Waals surface area contributed by atoms with Gasteiger partial charge in [-0.1, -0.05) is 27.7 Å². The lowest BCUT2D eigenvalue weighted by molar-refractivity contribution is -0.123. The number of anilines is 3. The van der Waals surface area contributed by atoms with Crippen LogP contribution >= 0.6 is 24.2 Å². The normalized spacial score (nSPS) is 16.1. The molecular weight excluding hydrogens is 444 g/mol. The number of nitrogens with one attached hydrogen (secondary N) is 2. The van der Waals surface area contributed by atoms with Crippen LogP contribution in [0.15, 0.2) is 0 Å². The smallest absolute Gasteiger partial charge is 0.296 e. The lowest BCUT2D eigenvalue weighted by Gasteiger charge is -2.31. The Balaban J connectivity index is 0.00000450. The van der Waals surface area contributed by atoms with Crippen molar-refractivity contribution in [2.24, 2.45) is 10.6 Å². The van der Waals surface area contributed by atoms with E-state index in [-0.39, 0.29) is 18.3 Å². The summed E-state index contributed by atoms with van der Waals surface area (Å²) in [5.74, 6) is 0.843. The van der Waals surface area contributed by atoms with Crippen LogP contribution in [0.3, 0.4) is 0 Å². The average molecular weight is 479 g/mol. The van der Waals surface area contributed by atoms with Gasteiger partial charge in [-0.15, -0.1) is 12.4 Å². The predicted octanol–water partition coefficient (Wildman–Crippen LogP) is 3.83. The highest BCUT2D eigenvalue weighted by Crippen LogP contribution is 2.47. The highest BCUT2D eigenvalue weighted by atomic mass is 35.5. The molecule has 1 aromatic rings. The van der Waals surface area contributed by atoms with Crippen molar-refractivity contribution in [2.45, 2.75) is 60.4 Å². The molecule has 10 heteroatoms. The number of thioether (sulfide) groups is 1. The number of carbonyl (C=O) groups excluding carboxylic acids is 1. The fourth-order valence-corrected chi connectivity index (χ4v) is 5.06. The minimum Gasteiger partial charge on any atom is -0.365 e. The molecular formula is C20H35ClN4O3S2. The largest absolute Gasteiger partial charge is 0.365 e. The monoisotopic (exact) mass is 478 g/mol. The Morgan fingerprint density at radius 2 is 1.83 bits per heavy atom. The van der Waals surface area contributed by atoms with Gasteiger partial charge in [0, 0.05) is 23.8 Å². The summed E-state index contributed by atoms with van der Waals surface area (Å²) in [5.41, 5.74) is 4.18. The van der Waals surface area contributed by atoms with Crippen LogP contribution in [0.2, 0.25) is 0 Å². The Labute approximate surface area is 191 Å². The highest BCUT2D eigenvalue weighted by Gasteiger charge is 2.36. The zero-order chi connectivity index (χ0) is 22.1. The lowest BCUT2D eigenvalue weighted by atomic mass is 9.93. The maximum atomic E-state index is 12.8. The van der Waals surface area contributed by atoms with Gasteiger partial charge in [-0.25, -0.2) is 5.14 Å². The van der Waals surface area contributed by atoms with E-state index < -0.39 is 15.6 Å². The van der Waals surface area contributed by atoms with Crippen molar-refractivity contribution in [2.75, 3.05) is 33.5 Å². The van der Waals surface area contributed by atoms with Crippen molar-refractivity contribution >= 4 is 57.3 Å². The van der Waals surface area contributed by atoms with Gasteiger partial charge in [0.25, 0.3) is 10.2 Å². The Morgan fingerprint density at radius 1 is 1.23 bits per heavy atom. The topological polar surface area (TPSA) is 105 Å². The van der Waals surface area contributed by atoms with Gasteiger partial charge in [-0.2, -0.15) is 20.2 Å². The second-order valence-corrected chi connectivity index (χ2v) is 10.9. The molecule has 1 aromatic carbocycles. The number of benzene rings is 1. The van der Waals surface area contributed by atoms with Crippen LogP contribution < -0.4 is 20.1 Å². The van der Waals surface area contributed by atoms with E-state index >= 15 is 0 Å². The number of rotatable bonds is 7. The predicted molar refractivity (Wildman–Crippen MR) is 131 cm³/mol. The lowest BCUT2D eigenvalue weighted by Crippen LogP contribution is -2.35. The van der Waals surface area contributed by atoms with Crippen molar-refractivity contribution in [1.29, 1.82) is 0 Å². The van der Waals surface area contributed by atoms with E-state index in [1.807, 2.05) is 34.6 Å². The molecule has 2 rings (SSSR count). The number of nitrogens with two attached hydrogens (primary N) is 1. The van der Waals surface area contributed by atoms with E-state index in [9.17, 15) is 13.2 Å². The van der Waals surface area contributed by atoms with Crippen LogP contribution in [0.5, 0.6) is 0 Å². The Kier molecular flexibility index (Phi) is 8.94. The Hall–Kier alpha value is -1.16. The molecule has 0 saturated heterocycles. The second-order valence-electron chi connectivity index (χ2n) is 8.69. The molecule has 1 aliphatic heterocycles. The first-order chi connectivity index (χ1) is 13.3. The van der Waals surface area contributed by atoms with Gasteiger partial charge in [-0.3, -0.25) is 9.52 Å². The summed E-state index contributed by atoms with van der Waals surface area (Å²) in [4.78, 5) is 15.2. The number of hydrogen-bond acceptors (Lipinski definition) is 5. The zero-order valence-electron chi connectivity index (χ0n) is 18.9. The standard InChI is InChI=1S/C20H34N4O3S2.ClH/c1-8-9-24-14(11-28-7)10-15-12(2)16(23-29(21,26)27)13(3)17(18(15)24)22-19(25)20(4,5)6;/h14,23H,8-11H2,1-7H3,(H,22,25)(H2,21,26,27);1H. The molecule has 1 atom stereocenters. The molecule has 4 N–H and O–H groups in total. The number of nitrogens with zero attached hydrogens (tertiary/aromatic N) is 1. The van der Waals surface area contributed by atoms with Gasteiger partial charge in [0.2, 0.25) is 5.91 Å². The maximum Gasteiger partial charge on any atom is 0.296 e. The van der Waals surface area contributed by atoms with Crippen LogP contribution in [0, 0.1) is 19.3 Å². The summed E-state index contributed by atoms with van der Waals surface area (Å²) in [6.45, 7) is 12.3. The molecule has 1 unspecified atom stereocenters. The molecule has 7 nitrogen and oxygen atoms in total. The van der Waals surface area contributed by atoms with Gasteiger partial charge in [0.05, 0.1) is 17.1 Å². The molecule has 1 heterocycles. The summed E-state index contributed by atoms with van der Waals surface area (Å²) in [6, 6.07) is 0.299. The fraction of sp³-hybridized carbons (Fsp3) is 0.650. The fourth-order valence-electron chi connectivity index (χ4n) is 3.78. The summed E-state index contributed by atoms with van der Waals surface area (Å²) in [7, 11) is -3.94. The molecule has 0 spiro atoms. The van der Waals surface area contributed by atoms with Crippen LogP contribution in [-0.2, 0) is 21.4 Å². The quantitative estimate of drug-likeness (QED) is 0.552. The highest BCUT2D eigenvalue weighted by molar-refractivity contribution is 7.98. The maximum absolute atomic E-state index is 12.8. The minimum atomic E-state index is -3.94. The van der Waals surface area contributed by atoms with Gasteiger partial charge < -0.3 is 10.2 Å². The third kappa shape index (κ3) is 5.75. The van der Waals surface area contributed by atoms with E-state index in [2.05, 4.69) is 28.1 Å². The molecule has 1 amide bonds. The first kappa shape index (κ1) is 26.9. The summed E-state index contributed by atoms with van der Waals surface area (Å²) < 4.78 is 26.1. The Bertz CT molecular complexity index is 899.